The second-order valence-corrected chi connectivity index (χ2v) is 6.33. The molecule has 0 unspecified atom stereocenters. The highest BCUT2D eigenvalue weighted by Gasteiger charge is 2.37. The number of aromatic nitrogens is 1. The molecule has 112 valence electrons. The van der Waals surface area contributed by atoms with Gasteiger partial charge in [-0.3, -0.25) is 0 Å². The van der Waals surface area contributed by atoms with Gasteiger partial charge in [-0.2, -0.15) is 0 Å². The second-order valence-electron chi connectivity index (χ2n) is 5.44. The Labute approximate surface area is 128 Å². The Kier molecular flexibility index (Phi) is 4.22. The number of halogens is 1. The van der Waals surface area contributed by atoms with Crippen molar-refractivity contribution in [2.75, 3.05) is 7.11 Å². The van der Waals surface area contributed by atoms with Gasteiger partial charge in [0.1, 0.15) is 16.6 Å². The molecule has 3 nitrogen and oxygen atoms in total. The Balaban J connectivity index is 1.79. The van der Waals surface area contributed by atoms with Crippen LogP contribution in [0.4, 0.5) is 4.39 Å². The lowest BCUT2D eigenvalue weighted by atomic mass is 9.98. The maximum atomic E-state index is 13.9. The minimum absolute atomic E-state index is 0.0936. The predicted molar refractivity (Wildman–Crippen MR) is 82.1 cm³/mol. The average molecular weight is 306 g/mol. The van der Waals surface area contributed by atoms with E-state index in [0.29, 0.717) is 17.9 Å². The minimum atomic E-state index is -0.199. The fraction of sp³-hybridized carbons (Fsp3) is 0.438. The SMILES string of the molecule is COc1ccc(F)c(CNC2(c3nccs3)CCCC2)c1. The summed E-state index contributed by atoms with van der Waals surface area (Å²) in [5, 5.41) is 6.68. The van der Waals surface area contributed by atoms with E-state index >= 15 is 0 Å². The van der Waals surface area contributed by atoms with Crippen molar-refractivity contribution in [2.24, 2.45) is 0 Å². The molecule has 5 heteroatoms. The van der Waals surface area contributed by atoms with E-state index in [9.17, 15) is 4.39 Å². The van der Waals surface area contributed by atoms with E-state index in [1.165, 1.54) is 18.9 Å². The molecule has 0 amide bonds. The van der Waals surface area contributed by atoms with Crippen molar-refractivity contribution in [2.45, 2.75) is 37.8 Å². The van der Waals surface area contributed by atoms with Crippen LogP contribution >= 0.6 is 11.3 Å². The van der Waals surface area contributed by atoms with Gasteiger partial charge < -0.3 is 10.1 Å². The Morgan fingerprint density at radius 2 is 2.19 bits per heavy atom. The monoisotopic (exact) mass is 306 g/mol. The zero-order chi connectivity index (χ0) is 14.7. The molecule has 1 saturated carbocycles. The summed E-state index contributed by atoms with van der Waals surface area (Å²) in [7, 11) is 1.60. The summed E-state index contributed by atoms with van der Waals surface area (Å²) in [6.07, 6.45) is 6.34. The van der Waals surface area contributed by atoms with Crippen LogP contribution in [0.25, 0.3) is 0 Å². The van der Waals surface area contributed by atoms with Crippen LogP contribution in [0.1, 0.15) is 36.3 Å². The molecule has 21 heavy (non-hydrogen) atoms. The molecule has 1 aromatic carbocycles. The van der Waals surface area contributed by atoms with Crippen molar-refractivity contribution in [1.29, 1.82) is 0 Å². The van der Waals surface area contributed by atoms with E-state index < -0.39 is 0 Å². The summed E-state index contributed by atoms with van der Waals surface area (Å²) >= 11 is 1.67. The zero-order valence-electron chi connectivity index (χ0n) is 12.1. The Bertz CT molecular complexity index is 594. The molecule has 2 aromatic rings. The lowest BCUT2D eigenvalue weighted by Crippen LogP contribution is -2.39. The van der Waals surface area contributed by atoms with E-state index in [2.05, 4.69) is 10.3 Å². The average Bonchev–Trinajstić information content (AvgIpc) is 3.18. The van der Waals surface area contributed by atoms with E-state index in [-0.39, 0.29) is 11.4 Å². The van der Waals surface area contributed by atoms with Crippen LogP contribution in [0.2, 0.25) is 0 Å². The van der Waals surface area contributed by atoms with Crippen LogP contribution in [-0.4, -0.2) is 12.1 Å². The molecule has 0 bridgehead atoms. The van der Waals surface area contributed by atoms with Gasteiger partial charge in [-0.15, -0.1) is 11.3 Å². The first-order valence-corrected chi connectivity index (χ1v) is 8.09. The number of hydrogen-bond donors (Lipinski definition) is 1. The summed E-state index contributed by atoms with van der Waals surface area (Å²) < 4.78 is 19.1. The molecule has 1 aliphatic carbocycles. The highest BCUT2D eigenvalue weighted by atomic mass is 32.1. The number of benzene rings is 1. The van der Waals surface area contributed by atoms with Gasteiger partial charge in [0, 0.05) is 23.7 Å². The Morgan fingerprint density at radius 3 is 2.86 bits per heavy atom. The molecule has 1 N–H and O–H groups in total. The van der Waals surface area contributed by atoms with Crippen LogP contribution in [-0.2, 0) is 12.1 Å². The third-order valence-electron chi connectivity index (χ3n) is 4.17. The fourth-order valence-electron chi connectivity index (χ4n) is 2.98. The van der Waals surface area contributed by atoms with Gasteiger partial charge in [-0.1, -0.05) is 12.8 Å². The number of thiazole rings is 1. The van der Waals surface area contributed by atoms with Crippen molar-refractivity contribution in [3.8, 4) is 5.75 Å². The van der Waals surface area contributed by atoms with E-state index in [1.54, 1.807) is 30.6 Å². The molecule has 0 spiro atoms. The van der Waals surface area contributed by atoms with E-state index in [4.69, 9.17) is 4.74 Å². The van der Waals surface area contributed by atoms with Crippen LogP contribution in [0.5, 0.6) is 5.75 Å². The molecule has 0 saturated heterocycles. The Morgan fingerprint density at radius 1 is 1.38 bits per heavy atom. The van der Waals surface area contributed by atoms with Crippen LogP contribution in [0.15, 0.2) is 29.8 Å². The lowest BCUT2D eigenvalue weighted by Gasteiger charge is -2.28. The molecule has 0 atom stereocenters. The highest BCUT2D eigenvalue weighted by molar-refractivity contribution is 7.09. The topological polar surface area (TPSA) is 34.1 Å². The highest BCUT2D eigenvalue weighted by Crippen LogP contribution is 2.40. The normalized spacial score (nSPS) is 17.0. The first-order chi connectivity index (χ1) is 10.2. The van der Waals surface area contributed by atoms with Gasteiger partial charge >= 0.3 is 0 Å². The molecule has 1 aliphatic rings. The summed E-state index contributed by atoms with van der Waals surface area (Å²) in [5.41, 5.74) is 0.543. The standard InChI is InChI=1S/C16H19FN2OS/c1-20-13-4-5-14(17)12(10-13)11-19-16(6-2-3-7-16)15-18-8-9-21-15/h4-5,8-10,19H,2-3,6-7,11H2,1H3. The number of nitrogens with zero attached hydrogens (tertiary/aromatic N) is 1. The molecule has 1 fully saturated rings. The molecular weight excluding hydrogens is 287 g/mol. The maximum Gasteiger partial charge on any atom is 0.127 e. The molecule has 1 aromatic heterocycles. The van der Waals surface area contributed by atoms with Gasteiger partial charge in [0.05, 0.1) is 12.6 Å². The summed E-state index contributed by atoms with van der Waals surface area (Å²) in [6.45, 7) is 0.489. The van der Waals surface area contributed by atoms with Gasteiger partial charge in [0.25, 0.3) is 0 Å². The third kappa shape index (κ3) is 2.94. The predicted octanol–water partition coefficient (Wildman–Crippen LogP) is 3.85. The first kappa shape index (κ1) is 14.5. The fourth-order valence-corrected chi connectivity index (χ4v) is 3.86. The van der Waals surface area contributed by atoms with Gasteiger partial charge in [0.2, 0.25) is 0 Å². The first-order valence-electron chi connectivity index (χ1n) is 7.21. The molecular formula is C16H19FN2OS. The molecule has 1 heterocycles. The summed E-state index contributed by atoms with van der Waals surface area (Å²) in [5.74, 6) is 0.485. The zero-order valence-corrected chi connectivity index (χ0v) is 12.9. The van der Waals surface area contributed by atoms with Gasteiger partial charge in [-0.05, 0) is 31.0 Å². The summed E-state index contributed by atoms with van der Waals surface area (Å²) in [6, 6.07) is 4.86. The van der Waals surface area contributed by atoms with Crippen LogP contribution in [0, 0.1) is 5.82 Å². The maximum absolute atomic E-state index is 13.9. The van der Waals surface area contributed by atoms with E-state index in [1.807, 2.05) is 11.6 Å². The number of nitrogens with one attached hydrogen (secondary N) is 1. The quantitative estimate of drug-likeness (QED) is 0.911. The molecule has 3 rings (SSSR count). The smallest absolute Gasteiger partial charge is 0.127 e. The molecule has 0 aliphatic heterocycles. The van der Waals surface area contributed by atoms with Crippen LogP contribution in [0.3, 0.4) is 0 Å². The number of methoxy groups -OCH3 is 1. The third-order valence-corrected chi connectivity index (χ3v) is 5.15. The molecule has 0 radical (unpaired) electrons. The number of hydrogen-bond acceptors (Lipinski definition) is 4. The van der Waals surface area contributed by atoms with Crippen molar-refractivity contribution in [3.63, 3.8) is 0 Å². The second kappa shape index (κ2) is 6.12. The Hall–Kier alpha value is -1.46. The van der Waals surface area contributed by atoms with Crippen molar-refractivity contribution < 1.29 is 9.13 Å². The largest absolute Gasteiger partial charge is 0.497 e. The van der Waals surface area contributed by atoms with Crippen LogP contribution < -0.4 is 10.1 Å². The number of rotatable bonds is 5. The van der Waals surface area contributed by atoms with Gasteiger partial charge in [-0.25, -0.2) is 9.37 Å². The number of ether oxygens (including phenoxy) is 1. The van der Waals surface area contributed by atoms with Gasteiger partial charge in [0.15, 0.2) is 0 Å². The lowest BCUT2D eigenvalue weighted by molar-refractivity contribution is 0.334. The van der Waals surface area contributed by atoms with Crippen molar-refractivity contribution in [1.82, 2.24) is 10.3 Å². The minimum Gasteiger partial charge on any atom is -0.497 e. The van der Waals surface area contributed by atoms with Crippen molar-refractivity contribution >= 4 is 11.3 Å². The summed E-state index contributed by atoms with van der Waals surface area (Å²) in [4.78, 5) is 4.48. The van der Waals surface area contributed by atoms with E-state index in [0.717, 1.165) is 17.8 Å². The van der Waals surface area contributed by atoms with Crippen molar-refractivity contribution in [3.05, 3.63) is 46.2 Å².